The molecule has 0 fully saturated rings. The lowest BCUT2D eigenvalue weighted by Crippen LogP contribution is -2.37. The molecule has 0 saturated carbocycles. The molecule has 4 atom stereocenters. The summed E-state index contributed by atoms with van der Waals surface area (Å²) in [5, 5.41) is 0. The highest BCUT2D eigenvalue weighted by Gasteiger charge is 2.40. The minimum atomic E-state index is -3.65. The van der Waals surface area contributed by atoms with Crippen molar-refractivity contribution in [2.75, 3.05) is 0 Å². The Morgan fingerprint density at radius 2 is 1.54 bits per heavy atom. The van der Waals surface area contributed by atoms with Crippen LogP contribution in [0.4, 0.5) is 17.6 Å². The number of aryl methyl sites for hydroxylation is 1. The van der Waals surface area contributed by atoms with E-state index in [4.69, 9.17) is 4.74 Å². The SMILES string of the molecule is CCCC(C)CCCc1ccc(C(F)(F)OC(CCC)C(F)C(F)CC)cc1. The summed E-state index contributed by atoms with van der Waals surface area (Å²) in [6.45, 7) is 7.62. The largest absolute Gasteiger partial charge is 0.383 e. The first-order valence-corrected chi connectivity index (χ1v) is 10.7. The molecule has 1 aromatic rings. The van der Waals surface area contributed by atoms with E-state index in [1.54, 1.807) is 19.1 Å². The molecule has 0 amide bonds. The van der Waals surface area contributed by atoms with Gasteiger partial charge in [-0.05, 0) is 37.2 Å². The average Bonchev–Trinajstić information content (AvgIpc) is 2.67. The second kappa shape index (κ2) is 12.5. The van der Waals surface area contributed by atoms with E-state index in [9.17, 15) is 17.6 Å². The standard InChI is InChI=1S/C23H36F4O/c1-5-9-17(4)11-8-12-18-13-15-19(16-14-18)23(26,27)28-21(10-6-2)22(25)20(24)7-3/h13-17,20-22H,5-12H2,1-4H3. The number of ether oxygens (including phenoxy) is 1. The Bertz CT molecular complexity index is 532. The fourth-order valence-electron chi connectivity index (χ4n) is 3.44. The quantitative estimate of drug-likeness (QED) is 0.288. The van der Waals surface area contributed by atoms with Crippen LogP contribution in [0.3, 0.4) is 0 Å². The molecule has 0 heterocycles. The molecule has 0 aliphatic heterocycles. The lowest BCUT2D eigenvalue weighted by molar-refractivity contribution is -0.286. The Balaban J connectivity index is 2.70. The van der Waals surface area contributed by atoms with Crippen LogP contribution in [0.15, 0.2) is 24.3 Å². The second-order valence-electron chi connectivity index (χ2n) is 7.81. The molecule has 28 heavy (non-hydrogen) atoms. The Morgan fingerprint density at radius 1 is 0.929 bits per heavy atom. The molecule has 0 aliphatic rings. The lowest BCUT2D eigenvalue weighted by atomic mass is 9.97. The first-order valence-electron chi connectivity index (χ1n) is 10.7. The van der Waals surface area contributed by atoms with E-state index in [1.807, 2.05) is 0 Å². The number of hydrogen-bond donors (Lipinski definition) is 0. The lowest BCUT2D eigenvalue weighted by Gasteiger charge is -2.28. The van der Waals surface area contributed by atoms with Crippen molar-refractivity contribution < 1.29 is 22.3 Å². The van der Waals surface area contributed by atoms with Crippen LogP contribution in [0.5, 0.6) is 0 Å². The van der Waals surface area contributed by atoms with Crippen molar-refractivity contribution >= 4 is 0 Å². The van der Waals surface area contributed by atoms with Crippen molar-refractivity contribution in [1.29, 1.82) is 0 Å². The number of hydrogen-bond acceptors (Lipinski definition) is 1. The van der Waals surface area contributed by atoms with Gasteiger partial charge < -0.3 is 4.74 Å². The van der Waals surface area contributed by atoms with Crippen LogP contribution in [0, 0.1) is 5.92 Å². The Kier molecular flexibility index (Phi) is 11.1. The van der Waals surface area contributed by atoms with Crippen LogP contribution in [0.25, 0.3) is 0 Å². The van der Waals surface area contributed by atoms with Crippen LogP contribution < -0.4 is 0 Å². The zero-order chi connectivity index (χ0) is 21.2. The van der Waals surface area contributed by atoms with Gasteiger partial charge in [0, 0.05) is 0 Å². The van der Waals surface area contributed by atoms with Crippen molar-refractivity contribution in [3.8, 4) is 0 Å². The molecule has 0 saturated heterocycles. The van der Waals surface area contributed by atoms with Gasteiger partial charge in [-0.15, -0.1) is 0 Å². The van der Waals surface area contributed by atoms with Crippen molar-refractivity contribution in [3.63, 3.8) is 0 Å². The molecule has 4 unspecified atom stereocenters. The molecule has 0 aromatic heterocycles. The summed E-state index contributed by atoms with van der Waals surface area (Å²) >= 11 is 0. The molecule has 1 nitrogen and oxygen atoms in total. The van der Waals surface area contributed by atoms with Gasteiger partial charge >= 0.3 is 6.11 Å². The van der Waals surface area contributed by atoms with Crippen molar-refractivity contribution in [3.05, 3.63) is 35.4 Å². The van der Waals surface area contributed by atoms with Gasteiger partial charge in [-0.2, -0.15) is 8.78 Å². The van der Waals surface area contributed by atoms with Crippen molar-refractivity contribution in [1.82, 2.24) is 0 Å². The monoisotopic (exact) mass is 404 g/mol. The summed E-state index contributed by atoms with van der Waals surface area (Å²) in [7, 11) is 0. The molecule has 0 spiro atoms. The summed E-state index contributed by atoms with van der Waals surface area (Å²) in [6, 6.07) is 5.99. The van der Waals surface area contributed by atoms with Crippen LogP contribution in [0.2, 0.25) is 0 Å². The molecule has 0 bridgehead atoms. The fourth-order valence-corrected chi connectivity index (χ4v) is 3.44. The number of benzene rings is 1. The molecule has 0 aliphatic carbocycles. The molecule has 1 rings (SSSR count). The van der Waals surface area contributed by atoms with E-state index in [-0.39, 0.29) is 18.4 Å². The third kappa shape index (κ3) is 8.10. The Hall–Kier alpha value is -1.10. The first-order chi connectivity index (χ1) is 13.2. The van der Waals surface area contributed by atoms with Crippen molar-refractivity contribution in [2.24, 2.45) is 5.92 Å². The molecule has 5 heteroatoms. The number of halogens is 4. The summed E-state index contributed by atoms with van der Waals surface area (Å²) in [5.41, 5.74) is 0.669. The molecule has 162 valence electrons. The number of alkyl halides is 4. The van der Waals surface area contributed by atoms with E-state index in [1.165, 1.54) is 31.9 Å². The average molecular weight is 405 g/mol. The van der Waals surface area contributed by atoms with E-state index >= 15 is 0 Å². The maximum Gasteiger partial charge on any atom is 0.383 e. The third-order valence-electron chi connectivity index (χ3n) is 5.20. The van der Waals surface area contributed by atoms with E-state index < -0.39 is 24.6 Å². The smallest absolute Gasteiger partial charge is 0.310 e. The molecule has 0 N–H and O–H groups in total. The minimum absolute atomic E-state index is 0.0468. The molecule has 0 radical (unpaired) electrons. The molecular weight excluding hydrogens is 368 g/mol. The van der Waals surface area contributed by atoms with Gasteiger partial charge in [-0.1, -0.05) is 77.6 Å². The predicted molar refractivity (Wildman–Crippen MR) is 107 cm³/mol. The third-order valence-corrected chi connectivity index (χ3v) is 5.20. The second-order valence-corrected chi connectivity index (χ2v) is 7.81. The van der Waals surface area contributed by atoms with Crippen LogP contribution in [-0.2, 0) is 17.3 Å². The summed E-state index contributed by atoms with van der Waals surface area (Å²) < 4.78 is 61.7. The minimum Gasteiger partial charge on any atom is -0.310 e. The number of rotatable bonds is 14. The van der Waals surface area contributed by atoms with E-state index in [2.05, 4.69) is 13.8 Å². The van der Waals surface area contributed by atoms with Crippen LogP contribution in [-0.4, -0.2) is 18.4 Å². The Morgan fingerprint density at radius 3 is 2.07 bits per heavy atom. The Labute approximate surface area is 167 Å². The van der Waals surface area contributed by atoms with E-state index in [0.29, 0.717) is 12.3 Å². The van der Waals surface area contributed by atoms with Gasteiger partial charge in [0.15, 0.2) is 6.17 Å². The highest BCUT2D eigenvalue weighted by molar-refractivity contribution is 5.24. The van der Waals surface area contributed by atoms with Gasteiger partial charge in [0.25, 0.3) is 0 Å². The molecular formula is C23H36F4O. The van der Waals surface area contributed by atoms with Crippen LogP contribution >= 0.6 is 0 Å². The normalized spacial score (nSPS) is 16.6. The zero-order valence-electron chi connectivity index (χ0n) is 17.7. The van der Waals surface area contributed by atoms with Gasteiger partial charge in [0.1, 0.15) is 6.17 Å². The summed E-state index contributed by atoms with van der Waals surface area (Å²) in [6.07, 6.45) is -3.20. The van der Waals surface area contributed by atoms with Crippen molar-refractivity contribution in [2.45, 2.75) is 104 Å². The predicted octanol–water partition coefficient (Wildman–Crippen LogP) is 7.77. The highest BCUT2D eigenvalue weighted by atomic mass is 19.3. The van der Waals surface area contributed by atoms with Gasteiger partial charge in [-0.25, -0.2) is 8.78 Å². The first kappa shape index (κ1) is 24.9. The van der Waals surface area contributed by atoms with Crippen LogP contribution in [0.1, 0.15) is 83.8 Å². The van der Waals surface area contributed by atoms with Gasteiger partial charge in [-0.3, -0.25) is 0 Å². The summed E-state index contributed by atoms with van der Waals surface area (Å²) in [5.74, 6) is 0.675. The van der Waals surface area contributed by atoms with Gasteiger partial charge in [0.05, 0.1) is 11.7 Å². The van der Waals surface area contributed by atoms with Gasteiger partial charge in [0.2, 0.25) is 0 Å². The highest BCUT2D eigenvalue weighted by Crippen LogP contribution is 2.34. The maximum absolute atomic E-state index is 14.5. The summed E-state index contributed by atoms with van der Waals surface area (Å²) in [4.78, 5) is 0. The maximum atomic E-state index is 14.5. The molecule has 1 aromatic carbocycles. The fraction of sp³-hybridized carbons (Fsp3) is 0.739. The zero-order valence-corrected chi connectivity index (χ0v) is 17.7. The van der Waals surface area contributed by atoms with E-state index in [0.717, 1.165) is 24.8 Å². The topological polar surface area (TPSA) is 9.23 Å².